The van der Waals surface area contributed by atoms with Crippen molar-refractivity contribution in [2.75, 3.05) is 6.61 Å². The Hall–Kier alpha value is -2.44. The molecule has 0 aliphatic heterocycles. The maximum Gasteiger partial charge on any atom is 0.338 e. The molecule has 0 bridgehead atoms. The number of carbonyl (C=O) groups is 2. The summed E-state index contributed by atoms with van der Waals surface area (Å²) in [6.45, 7) is 5.35. The van der Waals surface area contributed by atoms with Crippen LogP contribution in [-0.4, -0.2) is 29.4 Å². The van der Waals surface area contributed by atoms with E-state index in [-0.39, 0.29) is 23.2 Å². The highest BCUT2D eigenvalue weighted by atomic mass is 16.6. The molecule has 7 heteroatoms. The Balaban J connectivity index is 2.56. The van der Waals surface area contributed by atoms with Crippen molar-refractivity contribution in [1.29, 1.82) is 0 Å². The number of nitrogens with one attached hydrogen (secondary N) is 1. The second-order valence-electron chi connectivity index (χ2n) is 4.98. The summed E-state index contributed by atoms with van der Waals surface area (Å²) in [5.41, 5.74) is -0.170. The number of rotatable bonds is 6. The third-order valence-electron chi connectivity index (χ3n) is 3.02. The van der Waals surface area contributed by atoms with Gasteiger partial charge in [-0.2, -0.15) is 0 Å². The van der Waals surface area contributed by atoms with Crippen LogP contribution in [-0.2, 0) is 9.53 Å². The first-order valence-corrected chi connectivity index (χ1v) is 6.52. The number of amides is 1. The van der Waals surface area contributed by atoms with Gasteiger partial charge < -0.3 is 10.1 Å². The monoisotopic (exact) mass is 294 g/mol. The molecule has 0 aliphatic rings. The molecule has 0 heterocycles. The Bertz CT molecular complexity index is 542. The van der Waals surface area contributed by atoms with E-state index in [1.54, 1.807) is 0 Å². The number of esters is 1. The summed E-state index contributed by atoms with van der Waals surface area (Å²) in [6, 6.07) is 5.12. The lowest BCUT2D eigenvalue weighted by molar-refractivity contribution is -0.384. The highest BCUT2D eigenvalue weighted by Crippen LogP contribution is 2.13. The average Bonchev–Trinajstić information content (AvgIpc) is 2.44. The topological polar surface area (TPSA) is 98.5 Å². The highest BCUT2D eigenvalue weighted by Gasteiger charge is 2.15. The van der Waals surface area contributed by atoms with Gasteiger partial charge in [-0.3, -0.25) is 14.9 Å². The van der Waals surface area contributed by atoms with Crippen LogP contribution in [0.25, 0.3) is 0 Å². The fourth-order valence-corrected chi connectivity index (χ4v) is 1.42. The van der Waals surface area contributed by atoms with Gasteiger partial charge in [0, 0.05) is 18.2 Å². The third kappa shape index (κ3) is 5.21. The molecule has 0 aromatic heterocycles. The number of nitro groups is 1. The van der Waals surface area contributed by atoms with E-state index >= 15 is 0 Å². The molecule has 114 valence electrons. The molecule has 1 atom stereocenters. The Morgan fingerprint density at radius 2 is 2.00 bits per heavy atom. The lowest BCUT2D eigenvalue weighted by atomic mass is 10.1. The summed E-state index contributed by atoms with van der Waals surface area (Å²) in [6.07, 6.45) is 0. The Labute approximate surface area is 122 Å². The van der Waals surface area contributed by atoms with E-state index in [1.807, 2.05) is 20.8 Å². The minimum atomic E-state index is -0.772. The van der Waals surface area contributed by atoms with Crippen LogP contribution in [0.2, 0.25) is 0 Å². The first kappa shape index (κ1) is 16.6. The predicted octanol–water partition coefficient (Wildman–Crippen LogP) is 1.91. The molecule has 0 saturated carbocycles. The normalized spacial score (nSPS) is 11.8. The SMILES string of the molecule is CC(C)[C@H](C)NC(=O)COC(=O)c1cccc([N+](=O)[O-])c1. The highest BCUT2D eigenvalue weighted by molar-refractivity contribution is 5.91. The van der Waals surface area contributed by atoms with Gasteiger partial charge in [-0.15, -0.1) is 0 Å². The minimum Gasteiger partial charge on any atom is -0.452 e. The molecule has 21 heavy (non-hydrogen) atoms. The van der Waals surface area contributed by atoms with Gasteiger partial charge in [0.25, 0.3) is 11.6 Å². The molecule has 0 radical (unpaired) electrons. The van der Waals surface area contributed by atoms with Crippen LogP contribution in [0.1, 0.15) is 31.1 Å². The van der Waals surface area contributed by atoms with Crippen molar-refractivity contribution >= 4 is 17.6 Å². The Kier molecular flexibility index (Phi) is 5.83. The Morgan fingerprint density at radius 3 is 2.57 bits per heavy atom. The number of nitrogens with zero attached hydrogens (tertiary/aromatic N) is 1. The van der Waals surface area contributed by atoms with Crippen molar-refractivity contribution in [1.82, 2.24) is 5.32 Å². The number of hydrogen-bond acceptors (Lipinski definition) is 5. The molecule has 0 spiro atoms. The smallest absolute Gasteiger partial charge is 0.338 e. The van der Waals surface area contributed by atoms with E-state index < -0.39 is 23.4 Å². The number of hydrogen-bond donors (Lipinski definition) is 1. The zero-order chi connectivity index (χ0) is 16.0. The summed E-state index contributed by atoms with van der Waals surface area (Å²) in [5.74, 6) is -0.914. The summed E-state index contributed by atoms with van der Waals surface area (Å²) < 4.78 is 4.83. The molecule has 1 N–H and O–H groups in total. The van der Waals surface area contributed by atoms with E-state index in [0.717, 1.165) is 6.07 Å². The zero-order valence-corrected chi connectivity index (χ0v) is 12.2. The molecule has 0 aliphatic carbocycles. The van der Waals surface area contributed by atoms with Crippen molar-refractivity contribution in [3.05, 3.63) is 39.9 Å². The second-order valence-corrected chi connectivity index (χ2v) is 4.98. The maximum atomic E-state index is 11.7. The van der Waals surface area contributed by atoms with Gasteiger partial charge in [-0.1, -0.05) is 19.9 Å². The maximum absolute atomic E-state index is 11.7. The molecule has 1 aromatic rings. The summed E-state index contributed by atoms with van der Waals surface area (Å²) in [7, 11) is 0. The van der Waals surface area contributed by atoms with Crippen LogP contribution in [0.5, 0.6) is 0 Å². The molecule has 1 rings (SSSR count). The van der Waals surface area contributed by atoms with Gasteiger partial charge in [-0.25, -0.2) is 4.79 Å². The lowest BCUT2D eigenvalue weighted by Gasteiger charge is -2.17. The Morgan fingerprint density at radius 1 is 1.33 bits per heavy atom. The summed E-state index contributed by atoms with van der Waals surface area (Å²) in [5, 5.41) is 13.3. The van der Waals surface area contributed by atoms with Crippen LogP contribution in [0, 0.1) is 16.0 Å². The molecule has 0 saturated heterocycles. The lowest BCUT2D eigenvalue weighted by Crippen LogP contribution is -2.38. The van der Waals surface area contributed by atoms with Crippen LogP contribution in [0.15, 0.2) is 24.3 Å². The van der Waals surface area contributed by atoms with Crippen LogP contribution < -0.4 is 5.32 Å². The van der Waals surface area contributed by atoms with Gasteiger partial charge in [0.15, 0.2) is 6.61 Å². The van der Waals surface area contributed by atoms with Crippen molar-refractivity contribution in [3.63, 3.8) is 0 Å². The first-order valence-electron chi connectivity index (χ1n) is 6.52. The second kappa shape index (κ2) is 7.37. The molecular weight excluding hydrogens is 276 g/mol. The van der Waals surface area contributed by atoms with Crippen molar-refractivity contribution < 1.29 is 19.2 Å². The van der Waals surface area contributed by atoms with Crippen LogP contribution >= 0.6 is 0 Å². The van der Waals surface area contributed by atoms with Gasteiger partial charge in [0.1, 0.15) is 0 Å². The van der Waals surface area contributed by atoms with Crippen molar-refractivity contribution in [2.45, 2.75) is 26.8 Å². The van der Waals surface area contributed by atoms with Gasteiger partial charge >= 0.3 is 5.97 Å². The minimum absolute atomic E-state index is 0.0333. The van der Waals surface area contributed by atoms with Crippen LogP contribution in [0.3, 0.4) is 0 Å². The van der Waals surface area contributed by atoms with Crippen molar-refractivity contribution in [2.24, 2.45) is 5.92 Å². The molecule has 1 amide bonds. The quantitative estimate of drug-likeness (QED) is 0.491. The number of benzene rings is 1. The van der Waals surface area contributed by atoms with Gasteiger partial charge in [0.2, 0.25) is 0 Å². The number of nitro benzene ring substituents is 1. The molecule has 7 nitrogen and oxygen atoms in total. The fourth-order valence-electron chi connectivity index (χ4n) is 1.42. The molecule has 0 fully saturated rings. The van der Waals surface area contributed by atoms with E-state index in [1.165, 1.54) is 18.2 Å². The first-order chi connectivity index (χ1) is 9.81. The molecule has 0 unspecified atom stereocenters. The van der Waals surface area contributed by atoms with E-state index in [0.29, 0.717) is 0 Å². The number of carbonyl (C=O) groups excluding carboxylic acids is 2. The summed E-state index contributed by atoms with van der Waals surface area (Å²) >= 11 is 0. The third-order valence-corrected chi connectivity index (χ3v) is 3.02. The molecular formula is C14H18N2O5. The van der Waals surface area contributed by atoms with Crippen molar-refractivity contribution in [3.8, 4) is 0 Å². The standard InChI is InChI=1S/C14H18N2O5/c1-9(2)10(3)15-13(17)8-21-14(18)11-5-4-6-12(7-11)16(19)20/h4-7,9-10H,8H2,1-3H3,(H,15,17)/t10-/m0/s1. The fraction of sp³-hybridized carbons (Fsp3) is 0.429. The van der Waals surface area contributed by atoms with Gasteiger partial charge in [-0.05, 0) is 18.9 Å². The average molecular weight is 294 g/mol. The predicted molar refractivity (Wildman–Crippen MR) is 75.8 cm³/mol. The number of ether oxygens (including phenoxy) is 1. The van der Waals surface area contributed by atoms with E-state index in [9.17, 15) is 19.7 Å². The number of non-ortho nitro benzene ring substituents is 1. The van der Waals surface area contributed by atoms with Gasteiger partial charge in [0.05, 0.1) is 10.5 Å². The summed E-state index contributed by atoms with van der Waals surface area (Å²) in [4.78, 5) is 33.3. The zero-order valence-electron chi connectivity index (χ0n) is 12.2. The van der Waals surface area contributed by atoms with E-state index in [2.05, 4.69) is 5.32 Å². The van der Waals surface area contributed by atoms with E-state index in [4.69, 9.17) is 4.74 Å². The largest absolute Gasteiger partial charge is 0.452 e. The molecule has 1 aromatic carbocycles. The van der Waals surface area contributed by atoms with Crippen LogP contribution in [0.4, 0.5) is 5.69 Å².